The second-order valence-electron chi connectivity index (χ2n) is 5.13. The summed E-state index contributed by atoms with van der Waals surface area (Å²) < 4.78 is 5.62. The minimum absolute atomic E-state index is 0.264. The molecule has 1 aromatic heterocycles. The van der Waals surface area contributed by atoms with Crippen LogP contribution in [-0.4, -0.2) is 22.7 Å². The van der Waals surface area contributed by atoms with Crippen molar-refractivity contribution in [2.24, 2.45) is 5.84 Å². The van der Waals surface area contributed by atoms with Gasteiger partial charge in [-0.3, -0.25) is 0 Å². The van der Waals surface area contributed by atoms with Gasteiger partial charge in [0, 0.05) is 24.3 Å². The van der Waals surface area contributed by atoms with Crippen LogP contribution in [0.25, 0.3) is 0 Å². The summed E-state index contributed by atoms with van der Waals surface area (Å²) in [6.07, 6.45) is 3.27. The summed E-state index contributed by atoms with van der Waals surface area (Å²) in [6.45, 7) is 7.10. The van der Waals surface area contributed by atoms with Crippen LogP contribution < -0.4 is 11.3 Å². The maximum absolute atomic E-state index is 5.62. The molecule has 18 heavy (non-hydrogen) atoms. The van der Waals surface area contributed by atoms with Gasteiger partial charge in [0.05, 0.1) is 6.10 Å². The summed E-state index contributed by atoms with van der Waals surface area (Å²) in [5.41, 5.74) is 4.78. The van der Waals surface area contributed by atoms with Gasteiger partial charge in [0.15, 0.2) is 0 Å². The molecule has 1 fully saturated rings. The van der Waals surface area contributed by atoms with E-state index in [4.69, 9.17) is 10.6 Å². The van der Waals surface area contributed by atoms with Crippen LogP contribution >= 0.6 is 0 Å². The van der Waals surface area contributed by atoms with Crippen LogP contribution in [0.5, 0.6) is 0 Å². The lowest BCUT2D eigenvalue weighted by molar-refractivity contribution is 0.110. The molecule has 0 radical (unpaired) electrons. The standard InChI is InChI=1S/C13H22N4O/c1-8(2)12-9(3)15-11(16-13(12)17-14)7-10-5-4-6-18-10/h8,10H,4-7,14H2,1-3H3,(H,15,16,17). The third kappa shape index (κ3) is 2.79. The number of nitrogen functional groups attached to an aromatic ring is 1. The first-order valence-corrected chi connectivity index (χ1v) is 6.57. The van der Waals surface area contributed by atoms with Crippen molar-refractivity contribution in [2.45, 2.75) is 52.1 Å². The second kappa shape index (κ2) is 5.63. The van der Waals surface area contributed by atoms with Gasteiger partial charge in [0.2, 0.25) is 0 Å². The molecule has 0 saturated carbocycles. The van der Waals surface area contributed by atoms with E-state index in [1.165, 1.54) is 0 Å². The molecule has 2 heterocycles. The summed E-state index contributed by atoms with van der Waals surface area (Å²) >= 11 is 0. The smallest absolute Gasteiger partial charge is 0.147 e. The summed E-state index contributed by atoms with van der Waals surface area (Å²) in [4.78, 5) is 9.09. The summed E-state index contributed by atoms with van der Waals surface area (Å²) in [5, 5.41) is 0. The predicted octanol–water partition coefficient (Wildman–Crippen LogP) is 1.92. The fourth-order valence-corrected chi connectivity index (χ4v) is 2.54. The van der Waals surface area contributed by atoms with Crippen LogP contribution in [0.15, 0.2) is 0 Å². The minimum Gasteiger partial charge on any atom is -0.378 e. The molecule has 100 valence electrons. The number of nitrogens with one attached hydrogen (secondary N) is 1. The van der Waals surface area contributed by atoms with Crippen LogP contribution in [0, 0.1) is 6.92 Å². The number of hydrogen-bond acceptors (Lipinski definition) is 5. The highest BCUT2D eigenvalue weighted by Crippen LogP contribution is 2.25. The van der Waals surface area contributed by atoms with Gasteiger partial charge < -0.3 is 10.2 Å². The fourth-order valence-electron chi connectivity index (χ4n) is 2.54. The average Bonchev–Trinajstić information content (AvgIpc) is 2.80. The molecule has 0 amide bonds. The number of aryl methyl sites for hydroxylation is 1. The Labute approximate surface area is 108 Å². The number of nitrogens with two attached hydrogens (primary N) is 1. The molecule has 2 rings (SSSR count). The highest BCUT2D eigenvalue weighted by atomic mass is 16.5. The lowest BCUT2D eigenvalue weighted by Gasteiger charge is -2.16. The molecular weight excluding hydrogens is 228 g/mol. The van der Waals surface area contributed by atoms with Crippen LogP contribution in [0.1, 0.15) is 49.7 Å². The molecule has 0 aliphatic carbocycles. The Morgan fingerprint density at radius 3 is 2.78 bits per heavy atom. The monoisotopic (exact) mass is 250 g/mol. The van der Waals surface area contributed by atoms with E-state index >= 15 is 0 Å². The fraction of sp³-hybridized carbons (Fsp3) is 0.692. The van der Waals surface area contributed by atoms with Crippen molar-refractivity contribution in [1.29, 1.82) is 0 Å². The number of hydrazine groups is 1. The first kappa shape index (κ1) is 13.2. The normalized spacial score (nSPS) is 19.5. The lowest BCUT2D eigenvalue weighted by atomic mass is 10.0. The highest BCUT2D eigenvalue weighted by molar-refractivity contribution is 5.47. The predicted molar refractivity (Wildman–Crippen MR) is 71.3 cm³/mol. The first-order chi connectivity index (χ1) is 8.61. The van der Waals surface area contributed by atoms with Gasteiger partial charge in [-0.25, -0.2) is 15.8 Å². The highest BCUT2D eigenvalue weighted by Gasteiger charge is 2.20. The van der Waals surface area contributed by atoms with Gasteiger partial charge >= 0.3 is 0 Å². The average molecular weight is 250 g/mol. The van der Waals surface area contributed by atoms with Crippen molar-refractivity contribution in [3.63, 3.8) is 0 Å². The molecule has 0 bridgehead atoms. The number of nitrogens with zero attached hydrogens (tertiary/aromatic N) is 2. The molecule has 1 unspecified atom stereocenters. The second-order valence-corrected chi connectivity index (χ2v) is 5.13. The van der Waals surface area contributed by atoms with E-state index in [0.29, 0.717) is 5.92 Å². The topological polar surface area (TPSA) is 73.1 Å². The molecule has 0 spiro atoms. The number of aromatic nitrogens is 2. The molecule has 1 atom stereocenters. The van der Waals surface area contributed by atoms with Gasteiger partial charge in [0.25, 0.3) is 0 Å². The Morgan fingerprint density at radius 1 is 1.44 bits per heavy atom. The zero-order valence-electron chi connectivity index (χ0n) is 11.4. The summed E-state index contributed by atoms with van der Waals surface area (Å²) in [7, 11) is 0. The van der Waals surface area contributed by atoms with E-state index < -0.39 is 0 Å². The van der Waals surface area contributed by atoms with Crippen LogP contribution in [0.3, 0.4) is 0 Å². The van der Waals surface area contributed by atoms with Crippen molar-refractivity contribution in [2.75, 3.05) is 12.0 Å². The molecule has 0 aromatic carbocycles. The van der Waals surface area contributed by atoms with Gasteiger partial charge in [-0.1, -0.05) is 13.8 Å². The Kier molecular flexibility index (Phi) is 4.14. The third-order valence-corrected chi connectivity index (χ3v) is 3.33. The Bertz CT molecular complexity index is 414. The van der Waals surface area contributed by atoms with Crippen molar-refractivity contribution in [1.82, 2.24) is 9.97 Å². The quantitative estimate of drug-likeness (QED) is 0.631. The molecule has 5 nitrogen and oxygen atoms in total. The van der Waals surface area contributed by atoms with Crippen molar-refractivity contribution in [3.8, 4) is 0 Å². The first-order valence-electron chi connectivity index (χ1n) is 6.57. The minimum atomic E-state index is 0.264. The van der Waals surface area contributed by atoms with E-state index in [1.54, 1.807) is 0 Å². The van der Waals surface area contributed by atoms with Gasteiger partial charge in [0.1, 0.15) is 11.6 Å². The number of rotatable bonds is 4. The molecule has 1 aromatic rings. The maximum Gasteiger partial charge on any atom is 0.147 e. The summed E-state index contributed by atoms with van der Waals surface area (Å²) in [5.74, 6) is 7.47. The third-order valence-electron chi connectivity index (χ3n) is 3.33. The van der Waals surface area contributed by atoms with Gasteiger partial charge in [-0.15, -0.1) is 0 Å². The van der Waals surface area contributed by atoms with E-state index in [9.17, 15) is 0 Å². The molecule has 1 aliphatic heterocycles. The maximum atomic E-state index is 5.62. The van der Waals surface area contributed by atoms with Crippen LogP contribution in [0.2, 0.25) is 0 Å². The van der Waals surface area contributed by atoms with Crippen LogP contribution in [-0.2, 0) is 11.2 Å². The Morgan fingerprint density at radius 2 is 2.22 bits per heavy atom. The number of hydrogen-bond donors (Lipinski definition) is 2. The lowest BCUT2D eigenvalue weighted by Crippen LogP contribution is -2.18. The Balaban J connectivity index is 2.24. The SMILES string of the molecule is Cc1nc(CC2CCCO2)nc(NN)c1C(C)C. The molecule has 1 saturated heterocycles. The van der Waals surface area contributed by atoms with E-state index in [1.807, 2.05) is 6.92 Å². The molecule has 3 N–H and O–H groups in total. The van der Waals surface area contributed by atoms with Gasteiger partial charge in [-0.2, -0.15) is 0 Å². The number of ether oxygens (including phenoxy) is 1. The van der Waals surface area contributed by atoms with E-state index in [2.05, 4.69) is 29.2 Å². The number of anilines is 1. The Hall–Kier alpha value is -1.20. The zero-order chi connectivity index (χ0) is 13.1. The molecule has 5 heteroatoms. The largest absolute Gasteiger partial charge is 0.378 e. The van der Waals surface area contributed by atoms with Crippen LogP contribution in [0.4, 0.5) is 5.82 Å². The van der Waals surface area contributed by atoms with Crippen molar-refractivity contribution < 1.29 is 4.74 Å². The van der Waals surface area contributed by atoms with E-state index in [0.717, 1.165) is 48.8 Å². The van der Waals surface area contributed by atoms with E-state index in [-0.39, 0.29) is 6.10 Å². The molecular formula is C13H22N4O. The van der Waals surface area contributed by atoms with Gasteiger partial charge in [-0.05, 0) is 25.7 Å². The zero-order valence-corrected chi connectivity index (χ0v) is 11.4. The van der Waals surface area contributed by atoms with Crippen molar-refractivity contribution >= 4 is 5.82 Å². The van der Waals surface area contributed by atoms with Crippen molar-refractivity contribution in [3.05, 3.63) is 17.1 Å². The summed E-state index contributed by atoms with van der Waals surface area (Å²) in [6, 6.07) is 0. The molecule has 1 aliphatic rings.